The van der Waals surface area contributed by atoms with Crippen LogP contribution in [0.15, 0.2) is 30.6 Å². The Bertz CT molecular complexity index is 813. The van der Waals surface area contributed by atoms with Crippen LogP contribution in [-0.4, -0.2) is 53.9 Å². The van der Waals surface area contributed by atoms with Crippen LogP contribution in [0.1, 0.15) is 12.0 Å². The zero-order chi connectivity index (χ0) is 17.9. The summed E-state index contributed by atoms with van der Waals surface area (Å²) in [5.74, 6) is 2.16. The van der Waals surface area contributed by atoms with Gasteiger partial charge in [-0.3, -0.25) is 4.79 Å². The van der Waals surface area contributed by atoms with E-state index in [0.717, 1.165) is 12.0 Å². The molecule has 2 aliphatic rings. The quantitative estimate of drug-likeness (QED) is 0.800. The molecule has 1 atom stereocenters. The van der Waals surface area contributed by atoms with E-state index in [4.69, 9.17) is 18.9 Å². The molecule has 8 heteroatoms. The van der Waals surface area contributed by atoms with E-state index in [1.807, 2.05) is 18.2 Å². The number of aromatic nitrogens is 2. The van der Waals surface area contributed by atoms with Gasteiger partial charge in [-0.25, -0.2) is 9.97 Å². The summed E-state index contributed by atoms with van der Waals surface area (Å²) in [7, 11) is 1.52. The normalized spacial score (nSPS) is 18.0. The van der Waals surface area contributed by atoms with Crippen molar-refractivity contribution in [1.29, 1.82) is 0 Å². The Balaban J connectivity index is 1.35. The number of amides is 1. The molecule has 3 heterocycles. The first-order chi connectivity index (χ1) is 12.7. The van der Waals surface area contributed by atoms with Gasteiger partial charge in [0.15, 0.2) is 11.5 Å². The number of benzene rings is 1. The molecular weight excluding hydrogens is 338 g/mol. The largest absolute Gasteiger partial charge is 0.477 e. The topological polar surface area (TPSA) is 83.0 Å². The fourth-order valence-electron chi connectivity index (χ4n) is 3.08. The van der Waals surface area contributed by atoms with E-state index in [2.05, 4.69) is 9.97 Å². The second-order valence-corrected chi connectivity index (χ2v) is 6.10. The summed E-state index contributed by atoms with van der Waals surface area (Å²) in [6.45, 7) is 1.39. The van der Waals surface area contributed by atoms with Crippen molar-refractivity contribution < 1.29 is 23.7 Å². The van der Waals surface area contributed by atoms with Gasteiger partial charge in [-0.2, -0.15) is 0 Å². The average molecular weight is 357 g/mol. The summed E-state index contributed by atoms with van der Waals surface area (Å²) in [6, 6.07) is 5.58. The molecule has 0 aliphatic carbocycles. The first-order valence-electron chi connectivity index (χ1n) is 8.41. The molecule has 8 nitrogen and oxygen atoms in total. The third-order valence-electron chi connectivity index (χ3n) is 4.39. The molecule has 4 rings (SSSR count). The minimum atomic E-state index is -0.124. The molecule has 2 aliphatic heterocycles. The lowest BCUT2D eigenvalue weighted by Gasteiger charge is -2.17. The Labute approximate surface area is 150 Å². The van der Waals surface area contributed by atoms with Crippen molar-refractivity contribution in [3.8, 4) is 23.3 Å². The number of ether oxygens (including phenoxy) is 4. The highest BCUT2D eigenvalue weighted by molar-refractivity contribution is 5.79. The number of likely N-dealkylation sites (tertiary alicyclic amines) is 1. The minimum Gasteiger partial charge on any atom is -0.477 e. The van der Waals surface area contributed by atoms with E-state index < -0.39 is 0 Å². The maximum absolute atomic E-state index is 12.6. The third-order valence-corrected chi connectivity index (χ3v) is 4.39. The Morgan fingerprint density at radius 2 is 2.04 bits per heavy atom. The van der Waals surface area contributed by atoms with Gasteiger partial charge in [-0.15, -0.1) is 0 Å². The molecule has 136 valence electrons. The van der Waals surface area contributed by atoms with Crippen LogP contribution in [-0.2, 0) is 11.2 Å². The number of hydrogen-bond donors (Lipinski definition) is 0. The van der Waals surface area contributed by atoms with Crippen molar-refractivity contribution in [3.63, 3.8) is 0 Å². The average Bonchev–Trinajstić information content (AvgIpc) is 3.31. The number of rotatable bonds is 5. The third kappa shape index (κ3) is 3.35. The van der Waals surface area contributed by atoms with Crippen molar-refractivity contribution in [2.45, 2.75) is 18.9 Å². The highest BCUT2D eigenvalue weighted by Gasteiger charge is 2.29. The predicted octanol–water partition coefficient (Wildman–Crippen LogP) is 1.44. The van der Waals surface area contributed by atoms with Gasteiger partial charge in [0, 0.05) is 25.4 Å². The lowest BCUT2D eigenvalue weighted by Crippen LogP contribution is -2.32. The molecular formula is C18H19N3O5. The number of carbonyl (C=O) groups excluding carboxylic acids is 1. The monoisotopic (exact) mass is 357 g/mol. The molecule has 1 saturated heterocycles. The zero-order valence-electron chi connectivity index (χ0n) is 14.4. The van der Waals surface area contributed by atoms with E-state index in [1.54, 1.807) is 17.3 Å². The molecule has 0 radical (unpaired) electrons. The molecule has 1 fully saturated rings. The maximum Gasteiger partial charge on any atom is 0.278 e. The Kier molecular flexibility index (Phi) is 4.47. The van der Waals surface area contributed by atoms with E-state index in [-0.39, 0.29) is 18.8 Å². The van der Waals surface area contributed by atoms with Crippen LogP contribution < -0.4 is 18.9 Å². The molecule has 0 N–H and O–H groups in total. The summed E-state index contributed by atoms with van der Waals surface area (Å²) in [4.78, 5) is 22.6. The molecule has 0 saturated carbocycles. The second-order valence-electron chi connectivity index (χ2n) is 6.10. The Hall–Kier alpha value is -3.03. The van der Waals surface area contributed by atoms with Crippen molar-refractivity contribution in [1.82, 2.24) is 14.9 Å². The van der Waals surface area contributed by atoms with Gasteiger partial charge >= 0.3 is 0 Å². The lowest BCUT2D eigenvalue weighted by molar-refractivity contribution is -0.129. The number of methoxy groups -OCH3 is 1. The summed E-state index contributed by atoms with van der Waals surface area (Å²) in [6.07, 6.45) is 4.03. The van der Waals surface area contributed by atoms with Crippen LogP contribution in [0.25, 0.3) is 0 Å². The molecule has 1 aromatic heterocycles. The van der Waals surface area contributed by atoms with Gasteiger partial charge < -0.3 is 23.8 Å². The van der Waals surface area contributed by atoms with E-state index >= 15 is 0 Å². The highest BCUT2D eigenvalue weighted by Crippen LogP contribution is 2.33. The summed E-state index contributed by atoms with van der Waals surface area (Å²) in [5.41, 5.74) is 0.902. The number of nitrogens with zero attached hydrogens (tertiary/aromatic N) is 3. The van der Waals surface area contributed by atoms with E-state index in [1.165, 1.54) is 7.11 Å². The Morgan fingerprint density at radius 1 is 1.23 bits per heavy atom. The van der Waals surface area contributed by atoms with Crippen LogP contribution >= 0.6 is 0 Å². The van der Waals surface area contributed by atoms with Crippen molar-refractivity contribution in [3.05, 3.63) is 36.2 Å². The zero-order valence-corrected chi connectivity index (χ0v) is 14.4. The van der Waals surface area contributed by atoms with Gasteiger partial charge in [-0.1, -0.05) is 6.07 Å². The van der Waals surface area contributed by atoms with Crippen LogP contribution in [0.3, 0.4) is 0 Å². The van der Waals surface area contributed by atoms with Gasteiger partial charge in [0.05, 0.1) is 20.1 Å². The lowest BCUT2D eigenvalue weighted by atomic mass is 10.1. The number of hydrogen-bond acceptors (Lipinski definition) is 7. The molecule has 1 unspecified atom stereocenters. The fraction of sp³-hybridized carbons (Fsp3) is 0.389. The van der Waals surface area contributed by atoms with Crippen molar-refractivity contribution in [2.24, 2.45) is 0 Å². The smallest absolute Gasteiger partial charge is 0.278 e. The first kappa shape index (κ1) is 16.4. The van der Waals surface area contributed by atoms with Gasteiger partial charge in [0.25, 0.3) is 11.8 Å². The van der Waals surface area contributed by atoms with E-state index in [0.29, 0.717) is 42.8 Å². The maximum atomic E-state index is 12.6. The molecule has 1 amide bonds. The van der Waals surface area contributed by atoms with Crippen LogP contribution in [0.4, 0.5) is 0 Å². The van der Waals surface area contributed by atoms with Crippen molar-refractivity contribution >= 4 is 5.91 Å². The minimum absolute atomic E-state index is 0.0566. The SMILES string of the molecule is COc1nccnc1OC1CCN(C(=O)Cc2ccc3c(c2)OCO3)C1. The van der Waals surface area contributed by atoms with Crippen LogP contribution in [0.5, 0.6) is 23.3 Å². The number of fused-ring (bicyclic) bond motifs is 1. The first-order valence-corrected chi connectivity index (χ1v) is 8.41. The molecule has 1 aromatic carbocycles. The standard InChI is InChI=1S/C18H19N3O5/c1-23-17-18(20-6-5-19-17)26-13-4-7-21(10-13)16(22)9-12-2-3-14-15(8-12)25-11-24-14/h2-3,5-6,8,13H,4,7,9-11H2,1H3. The molecule has 2 aromatic rings. The van der Waals surface area contributed by atoms with Gasteiger partial charge in [-0.05, 0) is 17.7 Å². The second kappa shape index (κ2) is 7.07. The summed E-state index contributed by atoms with van der Waals surface area (Å²) >= 11 is 0. The van der Waals surface area contributed by atoms with Gasteiger partial charge in [0.2, 0.25) is 12.7 Å². The van der Waals surface area contributed by atoms with Gasteiger partial charge in [0.1, 0.15) is 6.10 Å². The van der Waals surface area contributed by atoms with Crippen molar-refractivity contribution in [2.75, 3.05) is 27.0 Å². The number of carbonyl (C=O) groups is 1. The van der Waals surface area contributed by atoms with Crippen LogP contribution in [0.2, 0.25) is 0 Å². The van der Waals surface area contributed by atoms with Crippen LogP contribution in [0, 0.1) is 0 Å². The van der Waals surface area contributed by atoms with E-state index in [9.17, 15) is 4.79 Å². The fourth-order valence-corrected chi connectivity index (χ4v) is 3.08. The predicted molar refractivity (Wildman–Crippen MR) is 90.5 cm³/mol. The molecule has 0 bridgehead atoms. The highest BCUT2D eigenvalue weighted by atomic mass is 16.7. The Morgan fingerprint density at radius 3 is 2.88 bits per heavy atom. The molecule has 0 spiro atoms. The summed E-state index contributed by atoms with van der Waals surface area (Å²) < 4.78 is 21.7. The summed E-state index contributed by atoms with van der Waals surface area (Å²) in [5, 5.41) is 0. The molecule has 26 heavy (non-hydrogen) atoms.